The van der Waals surface area contributed by atoms with Crippen molar-refractivity contribution in [1.82, 2.24) is 0 Å². The molecular weight excluding hydrogens is 162 g/mol. The predicted octanol–water partition coefficient (Wildman–Crippen LogP) is 2.29. The van der Waals surface area contributed by atoms with Gasteiger partial charge in [0, 0.05) is 5.56 Å². The van der Waals surface area contributed by atoms with Crippen molar-refractivity contribution >= 4 is 5.90 Å². The summed E-state index contributed by atoms with van der Waals surface area (Å²) in [7, 11) is 0. The Hall–Kier alpha value is -1.57. The molecule has 0 spiro atoms. The zero-order valence-corrected chi connectivity index (χ0v) is 7.58. The maximum atomic E-state index is 5.34. The highest BCUT2D eigenvalue weighted by molar-refractivity contribution is 5.96. The first-order chi connectivity index (χ1) is 6.25. The molecule has 1 aliphatic rings. The molecule has 0 radical (unpaired) electrons. The lowest BCUT2D eigenvalue weighted by molar-refractivity contribution is 0.364. The highest BCUT2D eigenvalue weighted by Crippen LogP contribution is 2.13. The molecule has 13 heavy (non-hydrogen) atoms. The molecule has 0 aliphatic carbocycles. The van der Waals surface area contributed by atoms with Gasteiger partial charge in [-0.1, -0.05) is 24.3 Å². The van der Waals surface area contributed by atoms with Crippen molar-refractivity contribution in [3.05, 3.63) is 47.7 Å². The topological polar surface area (TPSA) is 21.6 Å². The number of benzene rings is 1. The fourth-order valence-corrected chi connectivity index (χ4v) is 1.20. The molecule has 0 saturated heterocycles. The first-order valence-electron chi connectivity index (χ1n) is 4.22. The molecule has 0 amide bonds. The average Bonchev–Trinajstić information content (AvgIpc) is 2.53. The van der Waals surface area contributed by atoms with E-state index in [0.29, 0.717) is 12.5 Å². The van der Waals surface area contributed by atoms with Crippen LogP contribution in [-0.4, -0.2) is 12.5 Å². The molecule has 0 fully saturated rings. The Morgan fingerprint density at radius 3 is 2.54 bits per heavy atom. The van der Waals surface area contributed by atoms with Gasteiger partial charge in [-0.25, -0.2) is 4.99 Å². The van der Waals surface area contributed by atoms with E-state index in [1.807, 2.05) is 24.3 Å². The van der Waals surface area contributed by atoms with Crippen molar-refractivity contribution in [2.24, 2.45) is 4.99 Å². The third-order valence-corrected chi connectivity index (χ3v) is 1.93. The van der Waals surface area contributed by atoms with Crippen molar-refractivity contribution in [2.75, 3.05) is 6.61 Å². The average molecular weight is 173 g/mol. The highest BCUT2D eigenvalue weighted by atomic mass is 16.5. The molecule has 2 nitrogen and oxygen atoms in total. The van der Waals surface area contributed by atoms with Crippen molar-refractivity contribution in [1.29, 1.82) is 0 Å². The van der Waals surface area contributed by atoms with E-state index < -0.39 is 0 Å². The minimum absolute atomic E-state index is 0.517. The van der Waals surface area contributed by atoms with E-state index >= 15 is 0 Å². The smallest absolute Gasteiger partial charge is 0.221 e. The lowest BCUT2D eigenvalue weighted by atomic mass is 10.1. The molecule has 1 aromatic rings. The maximum Gasteiger partial charge on any atom is 0.221 e. The van der Waals surface area contributed by atoms with Crippen LogP contribution in [0.15, 0.2) is 41.5 Å². The minimum Gasteiger partial charge on any atom is -0.471 e. The first kappa shape index (κ1) is 8.05. The van der Waals surface area contributed by atoms with Gasteiger partial charge in [0.1, 0.15) is 6.61 Å². The van der Waals surface area contributed by atoms with Gasteiger partial charge in [-0.3, -0.25) is 0 Å². The number of aliphatic imine (C=N–C) groups is 1. The van der Waals surface area contributed by atoms with Crippen LogP contribution in [0.5, 0.6) is 0 Å². The Morgan fingerprint density at radius 2 is 2.00 bits per heavy atom. The summed E-state index contributed by atoms with van der Waals surface area (Å²) in [5.74, 6) is 0.685. The summed E-state index contributed by atoms with van der Waals surface area (Å²) >= 11 is 0. The molecule has 1 aliphatic heterocycles. The van der Waals surface area contributed by atoms with Gasteiger partial charge in [-0.15, -0.1) is 0 Å². The van der Waals surface area contributed by atoms with Crippen LogP contribution < -0.4 is 0 Å². The summed E-state index contributed by atoms with van der Waals surface area (Å²) < 4.78 is 5.34. The zero-order valence-electron chi connectivity index (χ0n) is 7.58. The van der Waals surface area contributed by atoms with Crippen LogP contribution in [-0.2, 0) is 4.74 Å². The summed E-state index contributed by atoms with van der Waals surface area (Å²) in [6.07, 6.45) is 0. The van der Waals surface area contributed by atoms with Crippen molar-refractivity contribution in [3.63, 3.8) is 0 Å². The summed E-state index contributed by atoms with van der Waals surface area (Å²) in [4.78, 5) is 4.19. The molecule has 0 aromatic heterocycles. The van der Waals surface area contributed by atoms with Crippen molar-refractivity contribution in [3.8, 4) is 0 Å². The second kappa shape index (κ2) is 3.05. The van der Waals surface area contributed by atoms with Gasteiger partial charge < -0.3 is 4.74 Å². The van der Waals surface area contributed by atoms with Crippen LogP contribution in [0, 0.1) is 6.92 Å². The normalized spacial score (nSPS) is 15.5. The number of ether oxygens (including phenoxy) is 1. The van der Waals surface area contributed by atoms with E-state index in [-0.39, 0.29) is 0 Å². The van der Waals surface area contributed by atoms with Crippen LogP contribution in [0.25, 0.3) is 0 Å². The van der Waals surface area contributed by atoms with Gasteiger partial charge in [0.15, 0.2) is 0 Å². The lowest BCUT2D eigenvalue weighted by Crippen LogP contribution is -2.00. The summed E-state index contributed by atoms with van der Waals surface area (Å²) in [5, 5.41) is 0. The largest absolute Gasteiger partial charge is 0.471 e. The Labute approximate surface area is 77.6 Å². The fraction of sp³-hybridized carbons (Fsp3) is 0.182. The summed E-state index contributed by atoms with van der Waals surface area (Å²) in [6.45, 7) is 6.31. The molecule has 0 unspecified atom stereocenters. The number of aryl methyl sites for hydroxylation is 1. The number of hydrogen-bond acceptors (Lipinski definition) is 2. The van der Waals surface area contributed by atoms with Crippen LogP contribution >= 0.6 is 0 Å². The monoisotopic (exact) mass is 173 g/mol. The molecule has 0 atom stereocenters. The third-order valence-electron chi connectivity index (χ3n) is 1.93. The van der Waals surface area contributed by atoms with E-state index in [2.05, 4.69) is 18.5 Å². The Balaban J connectivity index is 2.31. The molecule has 0 N–H and O–H groups in total. The molecular formula is C11H11NO. The predicted molar refractivity (Wildman–Crippen MR) is 52.8 cm³/mol. The second-order valence-electron chi connectivity index (χ2n) is 3.14. The van der Waals surface area contributed by atoms with Gasteiger partial charge in [-0.05, 0) is 19.1 Å². The SMILES string of the molecule is C=C1COC(c2ccc(C)cc2)=N1. The lowest BCUT2D eigenvalue weighted by Gasteiger charge is -2.00. The van der Waals surface area contributed by atoms with Crippen LogP contribution in [0.3, 0.4) is 0 Å². The van der Waals surface area contributed by atoms with Crippen LogP contribution in [0.1, 0.15) is 11.1 Å². The van der Waals surface area contributed by atoms with Gasteiger partial charge >= 0.3 is 0 Å². The number of hydrogen-bond donors (Lipinski definition) is 0. The van der Waals surface area contributed by atoms with Gasteiger partial charge in [-0.2, -0.15) is 0 Å². The molecule has 1 heterocycles. The zero-order chi connectivity index (χ0) is 9.26. The fourth-order valence-electron chi connectivity index (χ4n) is 1.20. The minimum atomic E-state index is 0.517. The number of nitrogens with zero attached hydrogens (tertiary/aromatic N) is 1. The summed E-state index contributed by atoms with van der Waals surface area (Å²) in [6, 6.07) is 8.10. The Kier molecular flexibility index (Phi) is 1.89. The van der Waals surface area contributed by atoms with Gasteiger partial charge in [0.2, 0.25) is 5.90 Å². The van der Waals surface area contributed by atoms with Crippen LogP contribution in [0.4, 0.5) is 0 Å². The van der Waals surface area contributed by atoms with E-state index in [0.717, 1.165) is 11.3 Å². The third kappa shape index (κ3) is 1.61. The quantitative estimate of drug-likeness (QED) is 0.638. The van der Waals surface area contributed by atoms with Crippen LogP contribution in [0.2, 0.25) is 0 Å². The van der Waals surface area contributed by atoms with Crippen molar-refractivity contribution < 1.29 is 4.74 Å². The van der Waals surface area contributed by atoms with E-state index in [4.69, 9.17) is 4.74 Å². The summed E-state index contributed by atoms with van der Waals surface area (Å²) in [5.41, 5.74) is 3.04. The number of rotatable bonds is 1. The Bertz CT molecular complexity index is 362. The Morgan fingerprint density at radius 1 is 1.31 bits per heavy atom. The first-order valence-corrected chi connectivity index (χ1v) is 4.22. The molecule has 2 heteroatoms. The van der Waals surface area contributed by atoms with Gasteiger partial charge in [0.05, 0.1) is 5.70 Å². The van der Waals surface area contributed by atoms with E-state index in [1.165, 1.54) is 5.56 Å². The standard InChI is InChI=1S/C11H11NO/c1-8-3-5-10(6-4-8)11-12-9(2)7-13-11/h3-6H,2,7H2,1H3. The van der Waals surface area contributed by atoms with E-state index in [9.17, 15) is 0 Å². The highest BCUT2D eigenvalue weighted by Gasteiger charge is 2.11. The van der Waals surface area contributed by atoms with Gasteiger partial charge in [0.25, 0.3) is 0 Å². The maximum absolute atomic E-state index is 5.34. The molecule has 2 rings (SSSR count). The second-order valence-corrected chi connectivity index (χ2v) is 3.14. The molecule has 1 aromatic carbocycles. The molecule has 0 bridgehead atoms. The molecule has 66 valence electrons. The van der Waals surface area contributed by atoms with Crippen molar-refractivity contribution in [2.45, 2.75) is 6.92 Å². The molecule has 0 saturated carbocycles. The van der Waals surface area contributed by atoms with E-state index in [1.54, 1.807) is 0 Å².